The Morgan fingerprint density at radius 1 is 1.12 bits per heavy atom. The molecule has 17 heavy (non-hydrogen) atoms. The van der Waals surface area contributed by atoms with Crippen molar-refractivity contribution in [2.24, 2.45) is 0 Å². The van der Waals surface area contributed by atoms with Crippen molar-refractivity contribution in [1.29, 1.82) is 0 Å². The summed E-state index contributed by atoms with van der Waals surface area (Å²) in [6.07, 6.45) is 0. The lowest BCUT2D eigenvalue weighted by molar-refractivity contribution is 0.595. The van der Waals surface area contributed by atoms with Crippen LogP contribution in [0.3, 0.4) is 0 Å². The highest BCUT2D eigenvalue weighted by atomic mass is 19.1. The van der Waals surface area contributed by atoms with Crippen molar-refractivity contribution in [2.75, 3.05) is 11.1 Å². The van der Waals surface area contributed by atoms with Crippen LogP contribution in [-0.2, 0) is 0 Å². The van der Waals surface area contributed by atoms with Gasteiger partial charge in [0.2, 0.25) is 0 Å². The SMILES string of the molecule is Cc1cc(F)c(Nc2ccc(N)nn2)cc1F. The minimum absolute atomic E-state index is 0.00664. The number of hydrogen-bond acceptors (Lipinski definition) is 4. The maximum atomic E-state index is 13.5. The molecule has 0 spiro atoms. The van der Waals surface area contributed by atoms with Crippen LogP contribution < -0.4 is 11.1 Å². The molecule has 0 aliphatic heterocycles. The first-order valence-corrected chi connectivity index (χ1v) is 4.88. The van der Waals surface area contributed by atoms with Crippen LogP contribution in [0, 0.1) is 18.6 Å². The molecule has 1 aromatic carbocycles. The number of rotatable bonds is 2. The van der Waals surface area contributed by atoms with Gasteiger partial charge in [-0.15, -0.1) is 10.2 Å². The van der Waals surface area contributed by atoms with E-state index in [0.717, 1.165) is 12.1 Å². The highest BCUT2D eigenvalue weighted by molar-refractivity contribution is 5.57. The number of nitrogens with two attached hydrogens (primary N) is 1. The van der Waals surface area contributed by atoms with E-state index in [1.54, 1.807) is 0 Å². The third kappa shape index (κ3) is 2.47. The Kier molecular flexibility index (Phi) is 2.86. The molecule has 0 amide bonds. The zero-order valence-corrected chi connectivity index (χ0v) is 9.04. The normalized spacial score (nSPS) is 10.3. The quantitative estimate of drug-likeness (QED) is 0.840. The van der Waals surface area contributed by atoms with Crippen molar-refractivity contribution in [1.82, 2.24) is 10.2 Å². The van der Waals surface area contributed by atoms with Crippen molar-refractivity contribution in [3.63, 3.8) is 0 Å². The topological polar surface area (TPSA) is 63.8 Å². The van der Waals surface area contributed by atoms with Gasteiger partial charge in [0.1, 0.15) is 17.5 Å². The second-order valence-corrected chi connectivity index (χ2v) is 3.55. The Morgan fingerprint density at radius 3 is 2.53 bits per heavy atom. The van der Waals surface area contributed by atoms with E-state index in [4.69, 9.17) is 5.73 Å². The van der Waals surface area contributed by atoms with E-state index in [1.807, 2.05) is 0 Å². The molecule has 1 aromatic heterocycles. The Bertz CT molecular complexity index is 540. The van der Waals surface area contributed by atoms with E-state index in [-0.39, 0.29) is 17.1 Å². The van der Waals surface area contributed by atoms with Crippen LogP contribution in [0.15, 0.2) is 24.3 Å². The maximum absolute atomic E-state index is 13.5. The van der Waals surface area contributed by atoms with Crippen LogP contribution in [0.2, 0.25) is 0 Å². The summed E-state index contributed by atoms with van der Waals surface area (Å²) in [6, 6.07) is 5.22. The predicted octanol–water partition coefficient (Wildman–Crippen LogP) is 2.39. The van der Waals surface area contributed by atoms with Crippen LogP contribution >= 0.6 is 0 Å². The second kappa shape index (κ2) is 4.32. The van der Waals surface area contributed by atoms with Gasteiger partial charge in [-0.1, -0.05) is 0 Å². The molecule has 0 radical (unpaired) electrons. The first-order valence-electron chi connectivity index (χ1n) is 4.88. The molecule has 6 heteroatoms. The number of halogens is 2. The monoisotopic (exact) mass is 236 g/mol. The largest absolute Gasteiger partial charge is 0.382 e. The molecule has 0 aliphatic rings. The Hall–Kier alpha value is -2.24. The maximum Gasteiger partial charge on any atom is 0.153 e. The number of aromatic nitrogens is 2. The molecule has 0 atom stereocenters. The molecule has 0 saturated heterocycles. The summed E-state index contributed by atoms with van der Waals surface area (Å²) in [5.74, 6) is -0.493. The van der Waals surface area contributed by atoms with Crippen molar-refractivity contribution >= 4 is 17.3 Å². The molecule has 88 valence electrons. The predicted molar refractivity (Wildman–Crippen MR) is 60.8 cm³/mol. The first kappa shape index (κ1) is 11.3. The lowest BCUT2D eigenvalue weighted by atomic mass is 10.2. The molecule has 2 rings (SSSR count). The molecule has 0 bridgehead atoms. The number of nitrogens with one attached hydrogen (secondary N) is 1. The minimum Gasteiger partial charge on any atom is -0.382 e. The Morgan fingerprint density at radius 2 is 1.88 bits per heavy atom. The van der Waals surface area contributed by atoms with Crippen LogP contribution in [0.4, 0.5) is 26.1 Å². The fourth-order valence-electron chi connectivity index (χ4n) is 1.29. The van der Waals surface area contributed by atoms with Crippen LogP contribution in [0.5, 0.6) is 0 Å². The van der Waals surface area contributed by atoms with Gasteiger partial charge < -0.3 is 11.1 Å². The van der Waals surface area contributed by atoms with Gasteiger partial charge in [0.05, 0.1) is 5.69 Å². The molecule has 4 nitrogen and oxygen atoms in total. The molecular weight excluding hydrogens is 226 g/mol. The van der Waals surface area contributed by atoms with Gasteiger partial charge in [-0.2, -0.15) is 0 Å². The molecule has 0 fully saturated rings. The summed E-state index contributed by atoms with van der Waals surface area (Å²) < 4.78 is 26.8. The molecule has 0 saturated carbocycles. The Labute approximate surface area is 96.5 Å². The zero-order chi connectivity index (χ0) is 12.4. The van der Waals surface area contributed by atoms with Gasteiger partial charge in [-0.05, 0) is 30.7 Å². The molecule has 2 aromatic rings. The van der Waals surface area contributed by atoms with Crippen molar-refractivity contribution < 1.29 is 8.78 Å². The molecule has 0 aliphatic carbocycles. The van der Waals surface area contributed by atoms with Gasteiger partial charge >= 0.3 is 0 Å². The van der Waals surface area contributed by atoms with Crippen LogP contribution in [0.1, 0.15) is 5.56 Å². The van der Waals surface area contributed by atoms with E-state index < -0.39 is 11.6 Å². The fourth-order valence-corrected chi connectivity index (χ4v) is 1.29. The second-order valence-electron chi connectivity index (χ2n) is 3.55. The third-order valence-electron chi connectivity index (χ3n) is 2.20. The number of anilines is 3. The zero-order valence-electron chi connectivity index (χ0n) is 9.04. The third-order valence-corrected chi connectivity index (χ3v) is 2.20. The van der Waals surface area contributed by atoms with Gasteiger partial charge in [0.25, 0.3) is 0 Å². The van der Waals surface area contributed by atoms with E-state index in [2.05, 4.69) is 15.5 Å². The smallest absolute Gasteiger partial charge is 0.153 e. The molecule has 1 heterocycles. The number of aryl methyl sites for hydroxylation is 1. The lowest BCUT2D eigenvalue weighted by Crippen LogP contribution is -2.00. The molecule has 0 unspecified atom stereocenters. The van der Waals surface area contributed by atoms with Crippen molar-refractivity contribution in [2.45, 2.75) is 6.92 Å². The Balaban J connectivity index is 2.30. The number of nitrogen functional groups attached to an aromatic ring is 1. The van der Waals surface area contributed by atoms with Gasteiger partial charge in [0.15, 0.2) is 5.82 Å². The van der Waals surface area contributed by atoms with E-state index in [9.17, 15) is 8.78 Å². The average molecular weight is 236 g/mol. The summed E-state index contributed by atoms with van der Waals surface area (Å²) in [7, 11) is 0. The van der Waals surface area contributed by atoms with Gasteiger partial charge in [-0.25, -0.2) is 8.78 Å². The molecule has 3 N–H and O–H groups in total. The van der Waals surface area contributed by atoms with E-state index in [0.29, 0.717) is 5.82 Å². The summed E-state index contributed by atoms with van der Waals surface area (Å²) in [6.45, 7) is 1.49. The van der Waals surface area contributed by atoms with Gasteiger partial charge in [0, 0.05) is 6.07 Å². The van der Waals surface area contributed by atoms with Gasteiger partial charge in [-0.3, -0.25) is 0 Å². The standard InChI is InChI=1S/C11H10F2N4/c1-6-4-8(13)9(5-7(6)12)15-11-3-2-10(14)16-17-11/h2-5H,1H3,(H2,14,16)(H,15,17). The highest BCUT2D eigenvalue weighted by Gasteiger charge is 2.08. The number of hydrogen-bond donors (Lipinski definition) is 2. The van der Waals surface area contributed by atoms with Crippen molar-refractivity contribution in [3.05, 3.63) is 41.5 Å². The summed E-state index contributed by atoms with van der Waals surface area (Å²) >= 11 is 0. The van der Waals surface area contributed by atoms with Crippen LogP contribution in [-0.4, -0.2) is 10.2 Å². The highest BCUT2D eigenvalue weighted by Crippen LogP contribution is 2.21. The van der Waals surface area contributed by atoms with Crippen LogP contribution in [0.25, 0.3) is 0 Å². The average Bonchev–Trinajstić information content (AvgIpc) is 2.29. The first-order chi connectivity index (χ1) is 8.06. The summed E-state index contributed by atoms with van der Waals surface area (Å²) in [5.41, 5.74) is 5.61. The number of benzene rings is 1. The minimum atomic E-state index is -0.553. The van der Waals surface area contributed by atoms with E-state index >= 15 is 0 Å². The summed E-state index contributed by atoms with van der Waals surface area (Å²) in [4.78, 5) is 0. The fraction of sp³-hybridized carbons (Fsp3) is 0.0909. The number of nitrogens with zero attached hydrogens (tertiary/aromatic N) is 2. The van der Waals surface area contributed by atoms with E-state index in [1.165, 1.54) is 19.1 Å². The lowest BCUT2D eigenvalue weighted by Gasteiger charge is -2.07. The molecular formula is C11H10F2N4. The van der Waals surface area contributed by atoms with Crippen molar-refractivity contribution in [3.8, 4) is 0 Å². The summed E-state index contributed by atoms with van der Waals surface area (Å²) in [5, 5.41) is 9.91.